The Bertz CT molecular complexity index is 490. The molecule has 0 spiro atoms. The summed E-state index contributed by atoms with van der Waals surface area (Å²) in [5.74, 6) is 0.774. The van der Waals surface area contributed by atoms with E-state index in [0.29, 0.717) is 0 Å². The summed E-state index contributed by atoms with van der Waals surface area (Å²) in [6.07, 6.45) is 3.77. The molecule has 0 amide bonds. The van der Waals surface area contributed by atoms with Crippen molar-refractivity contribution in [3.05, 3.63) is 48.0 Å². The minimum Gasteiger partial charge on any atom is -0.319 e. The Labute approximate surface area is 110 Å². The van der Waals surface area contributed by atoms with Gasteiger partial charge in [0, 0.05) is 0 Å². The quantitative estimate of drug-likeness (QED) is 0.805. The van der Waals surface area contributed by atoms with E-state index in [0.717, 1.165) is 12.5 Å². The van der Waals surface area contributed by atoms with Crippen LogP contribution in [0.4, 0.5) is 0 Å². The first-order chi connectivity index (χ1) is 8.79. The summed E-state index contributed by atoms with van der Waals surface area (Å²) in [6, 6.07) is 15.4. The van der Waals surface area contributed by atoms with Crippen LogP contribution in [0.5, 0.6) is 0 Å². The lowest BCUT2D eigenvalue weighted by Crippen LogP contribution is -2.16. The molecule has 2 rings (SSSR count). The van der Waals surface area contributed by atoms with Gasteiger partial charge in [0.15, 0.2) is 0 Å². The van der Waals surface area contributed by atoms with Gasteiger partial charge >= 0.3 is 0 Å². The Morgan fingerprint density at radius 2 is 1.83 bits per heavy atom. The summed E-state index contributed by atoms with van der Waals surface area (Å²) in [6.45, 7) is 3.44. The van der Waals surface area contributed by atoms with Crippen LogP contribution in [0.15, 0.2) is 42.5 Å². The van der Waals surface area contributed by atoms with Gasteiger partial charge < -0.3 is 5.32 Å². The highest BCUT2D eigenvalue weighted by atomic mass is 14.8. The third-order valence-electron chi connectivity index (χ3n) is 3.53. The van der Waals surface area contributed by atoms with Gasteiger partial charge in [-0.05, 0) is 55.1 Å². The van der Waals surface area contributed by atoms with Crippen molar-refractivity contribution in [2.45, 2.75) is 26.2 Å². The third kappa shape index (κ3) is 3.58. The number of hydrogen-bond donors (Lipinski definition) is 1. The fraction of sp³-hybridized carbons (Fsp3) is 0.412. The van der Waals surface area contributed by atoms with Crippen LogP contribution in [-0.4, -0.2) is 13.6 Å². The van der Waals surface area contributed by atoms with E-state index in [9.17, 15) is 0 Å². The fourth-order valence-electron chi connectivity index (χ4n) is 2.50. The van der Waals surface area contributed by atoms with E-state index >= 15 is 0 Å². The van der Waals surface area contributed by atoms with Gasteiger partial charge in [-0.2, -0.15) is 0 Å². The first-order valence-corrected chi connectivity index (χ1v) is 6.92. The molecule has 0 aliphatic heterocycles. The van der Waals surface area contributed by atoms with Crippen molar-refractivity contribution in [2.75, 3.05) is 13.6 Å². The summed E-state index contributed by atoms with van der Waals surface area (Å²) in [5.41, 5.74) is 1.46. The highest BCUT2D eigenvalue weighted by molar-refractivity contribution is 5.82. The number of aryl methyl sites for hydroxylation is 1. The Morgan fingerprint density at radius 3 is 2.61 bits per heavy atom. The lowest BCUT2D eigenvalue weighted by molar-refractivity contribution is 0.487. The second-order valence-electron chi connectivity index (χ2n) is 5.24. The summed E-state index contributed by atoms with van der Waals surface area (Å²) < 4.78 is 0. The van der Waals surface area contributed by atoms with Crippen LogP contribution in [0.2, 0.25) is 0 Å². The molecule has 0 aliphatic rings. The van der Waals surface area contributed by atoms with Crippen molar-refractivity contribution < 1.29 is 0 Å². The van der Waals surface area contributed by atoms with Crippen LogP contribution < -0.4 is 5.32 Å². The van der Waals surface area contributed by atoms with Crippen molar-refractivity contribution in [2.24, 2.45) is 5.92 Å². The minimum absolute atomic E-state index is 0.774. The largest absolute Gasteiger partial charge is 0.319 e. The van der Waals surface area contributed by atoms with Crippen molar-refractivity contribution in [1.29, 1.82) is 0 Å². The highest BCUT2D eigenvalue weighted by Crippen LogP contribution is 2.17. The van der Waals surface area contributed by atoms with Crippen molar-refractivity contribution in [3.63, 3.8) is 0 Å². The van der Waals surface area contributed by atoms with E-state index in [1.165, 1.54) is 35.6 Å². The molecular formula is C17H23N. The standard InChI is InChI=1S/C17H23N/c1-14(13-18-2)6-5-7-15-10-11-16-8-3-4-9-17(16)12-15/h3-4,8-12,14,18H,5-7,13H2,1-2H3. The van der Waals surface area contributed by atoms with Gasteiger partial charge in [-0.25, -0.2) is 0 Å². The summed E-state index contributed by atoms with van der Waals surface area (Å²) in [5, 5.41) is 5.94. The van der Waals surface area contributed by atoms with Gasteiger partial charge in [0.1, 0.15) is 0 Å². The summed E-state index contributed by atoms with van der Waals surface area (Å²) in [7, 11) is 2.03. The topological polar surface area (TPSA) is 12.0 Å². The second-order valence-corrected chi connectivity index (χ2v) is 5.24. The first kappa shape index (κ1) is 13.1. The molecule has 1 N–H and O–H groups in total. The summed E-state index contributed by atoms with van der Waals surface area (Å²) in [4.78, 5) is 0. The maximum absolute atomic E-state index is 3.24. The predicted octanol–water partition coefficient (Wildman–Crippen LogP) is 4.02. The molecule has 0 saturated heterocycles. The van der Waals surface area contributed by atoms with Gasteiger partial charge in [0.05, 0.1) is 0 Å². The fourth-order valence-corrected chi connectivity index (χ4v) is 2.50. The third-order valence-corrected chi connectivity index (χ3v) is 3.53. The minimum atomic E-state index is 0.774. The van der Waals surface area contributed by atoms with Crippen molar-refractivity contribution in [3.8, 4) is 0 Å². The molecule has 18 heavy (non-hydrogen) atoms. The molecule has 2 aromatic carbocycles. The Hall–Kier alpha value is -1.34. The zero-order valence-corrected chi connectivity index (χ0v) is 11.4. The van der Waals surface area contributed by atoms with Gasteiger partial charge in [-0.15, -0.1) is 0 Å². The summed E-state index contributed by atoms with van der Waals surface area (Å²) >= 11 is 0. The lowest BCUT2D eigenvalue weighted by Gasteiger charge is -2.10. The SMILES string of the molecule is CNCC(C)CCCc1ccc2ccccc2c1. The molecule has 0 fully saturated rings. The number of fused-ring (bicyclic) bond motifs is 1. The zero-order valence-electron chi connectivity index (χ0n) is 11.4. The monoisotopic (exact) mass is 241 g/mol. The number of hydrogen-bond acceptors (Lipinski definition) is 1. The zero-order chi connectivity index (χ0) is 12.8. The average molecular weight is 241 g/mol. The number of benzene rings is 2. The van der Waals surface area contributed by atoms with Crippen LogP contribution in [-0.2, 0) is 6.42 Å². The average Bonchev–Trinajstić information content (AvgIpc) is 2.39. The molecule has 0 aliphatic carbocycles. The van der Waals surface area contributed by atoms with E-state index in [-0.39, 0.29) is 0 Å². The molecular weight excluding hydrogens is 218 g/mol. The van der Waals surface area contributed by atoms with Crippen molar-refractivity contribution >= 4 is 10.8 Å². The Kier molecular flexibility index (Phi) is 4.77. The van der Waals surface area contributed by atoms with E-state index in [2.05, 4.69) is 54.7 Å². The van der Waals surface area contributed by atoms with Gasteiger partial charge in [-0.1, -0.05) is 49.4 Å². The molecule has 1 heteroatoms. The van der Waals surface area contributed by atoms with Crippen LogP contribution in [0, 0.1) is 5.92 Å². The van der Waals surface area contributed by atoms with Gasteiger partial charge in [0.2, 0.25) is 0 Å². The van der Waals surface area contributed by atoms with Crippen molar-refractivity contribution in [1.82, 2.24) is 5.32 Å². The van der Waals surface area contributed by atoms with E-state index < -0.39 is 0 Å². The molecule has 0 saturated carbocycles. The molecule has 1 unspecified atom stereocenters. The molecule has 0 radical (unpaired) electrons. The normalized spacial score (nSPS) is 12.8. The van der Waals surface area contributed by atoms with Crippen LogP contribution in [0.25, 0.3) is 10.8 Å². The molecule has 2 aromatic rings. The van der Waals surface area contributed by atoms with E-state index in [4.69, 9.17) is 0 Å². The first-order valence-electron chi connectivity index (χ1n) is 6.92. The van der Waals surface area contributed by atoms with Crippen LogP contribution in [0.1, 0.15) is 25.3 Å². The maximum atomic E-state index is 3.24. The maximum Gasteiger partial charge on any atom is -0.00262 e. The molecule has 0 bridgehead atoms. The highest BCUT2D eigenvalue weighted by Gasteiger charge is 2.01. The molecule has 1 nitrogen and oxygen atoms in total. The van der Waals surface area contributed by atoms with E-state index in [1.807, 2.05) is 7.05 Å². The van der Waals surface area contributed by atoms with Crippen LogP contribution in [0.3, 0.4) is 0 Å². The smallest absolute Gasteiger partial charge is 0.00262 e. The number of rotatable bonds is 6. The Morgan fingerprint density at radius 1 is 1.06 bits per heavy atom. The molecule has 0 aromatic heterocycles. The lowest BCUT2D eigenvalue weighted by atomic mass is 9.99. The number of nitrogens with one attached hydrogen (secondary N) is 1. The van der Waals surface area contributed by atoms with E-state index in [1.54, 1.807) is 0 Å². The van der Waals surface area contributed by atoms with Gasteiger partial charge in [0.25, 0.3) is 0 Å². The molecule has 96 valence electrons. The predicted molar refractivity (Wildman–Crippen MR) is 80.0 cm³/mol. The van der Waals surface area contributed by atoms with Crippen LogP contribution >= 0.6 is 0 Å². The Balaban J connectivity index is 1.91. The molecule has 1 atom stereocenters. The second kappa shape index (κ2) is 6.55. The van der Waals surface area contributed by atoms with Gasteiger partial charge in [-0.3, -0.25) is 0 Å². The molecule has 0 heterocycles.